The molecular formula is C13H16N2O4. The summed E-state index contributed by atoms with van der Waals surface area (Å²) in [7, 11) is 1.36. The van der Waals surface area contributed by atoms with Crippen molar-refractivity contribution in [3.8, 4) is 0 Å². The van der Waals surface area contributed by atoms with Gasteiger partial charge in [0.1, 0.15) is 5.82 Å². The minimum Gasteiger partial charge on any atom is -0.476 e. The number of nitrogens with zero attached hydrogens (tertiary/aromatic N) is 2. The Morgan fingerprint density at radius 3 is 2.68 bits per heavy atom. The van der Waals surface area contributed by atoms with E-state index in [-0.39, 0.29) is 17.6 Å². The number of rotatable bonds is 3. The second kappa shape index (κ2) is 4.36. The van der Waals surface area contributed by atoms with E-state index in [1.807, 2.05) is 4.57 Å². The van der Waals surface area contributed by atoms with Crippen LogP contribution in [0.2, 0.25) is 0 Å². The molecule has 1 aliphatic carbocycles. The average Bonchev–Trinajstić information content (AvgIpc) is 3.17. The SMILES string of the molecule is COC(=O)C1CCn2c(C3CC3)nc(C(=O)O)c2C1. The molecule has 1 fully saturated rings. The molecule has 102 valence electrons. The number of aromatic nitrogens is 2. The van der Waals surface area contributed by atoms with Gasteiger partial charge in [0.25, 0.3) is 0 Å². The second-order valence-corrected chi connectivity index (χ2v) is 5.21. The largest absolute Gasteiger partial charge is 0.476 e. The summed E-state index contributed by atoms with van der Waals surface area (Å²) in [6, 6.07) is 0. The van der Waals surface area contributed by atoms with Crippen molar-refractivity contribution < 1.29 is 19.4 Å². The molecule has 1 aromatic heterocycles. The smallest absolute Gasteiger partial charge is 0.356 e. The van der Waals surface area contributed by atoms with Gasteiger partial charge >= 0.3 is 11.9 Å². The van der Waals surface area contributed by atoms with Crippen LogP contribution in [0.4, 0.5) is 0 Å². The molecule has 0 radical (unpaired) electrons. The van der Waals surface area contributed by atoms with Crippen LogP contribution in [0.1, 0.15) is 47.2 Å². The number of carboxylic acids is 1. The summed E-state index contributed by atoms with van der Waals surface area (Å²) in [5.41, 5.74) is 0.784. The monoisotopic (exact) mass is 264 g/mol. The number of ether oxygens (including phenoxy) is 1. The molecule has 0 saturated heterocycles. The Morgan fingerprint density at radius 1 is 1.37 bits per heavy atom. The number of methoxy groups -OCH3 is 1. The van der Waals surface area contributed by atoms with E-state index in [1.165, 1.54) is 7.11 Å². The molecule has 1 N–H and O–H groups in total. The fourth-order valence-electron chi connectivity index (χ4n) is 2.77. The van der Waals surface area contributed by atoms with Gasteiger partial charge in [-0.3, -0.25) is 4.79 Å². The van der Waals surface area contributed by atoms with E-state index in [0.717, 1.165) is 18.7 Å². The van der Waals surface area contributed by atoms with Crippen LogP contribution < -0.4 is 0 Å². The molecule has 1 saturated carbocycles. The van der Waals surface area contributed by atoms with Gasteiger partial charge in [-0.2, -0.15) is 0 Å². The van der Waals surface area contributed by atoms with Gasteiger partial charge in [-0.15, -0.1) is 0 Å². The average molecular weight is 264 g/mol. The van der Waals surface area contributed by atoms with Crippen LogP contribution in [0, 0.1) is 5.92 Å². The van der Waals surface area contributed by atoms with Gasteiger partial charge in [-0.1, -0.05) is 0 Å². The summed E-state index contributed by atoms with van der Waals surface area (Å²) in [5.74, 6) is -0.241. The standard InChI is InChI=1S/C13H16N2O4/c1-19-13(18)8-4-5-15-9(6-8)10(12(16)17)14-11(15)7-2-3-7/h7-8H,2-6H2,1H3,(H,16,17). The van der Waals surface area contributed by atoms with Crippen molar-refractivity contribution in [3.05, 3.63) is 17.2 Å². The Balaban J connectivity index is 1.97. The summed E-state index contributed by atoms with van der Waals surface area (Å²) < 4.78 is 6.76. The number of imidazole rings is 1. The highest BCUT2D eigenvalue weighted by Crippen LogP contribution is 2.41. The fraction of sp³-hybridized carbons (Fsp3) is 0.615. The number of aromatic carboxylic acids is 1. The predicted octanol–water partition coefficient (Wildman–Crippen LogP) is 1.19. The molecule has 2 heterocycles. The quantitative estimate of drug-likeness (QED) is 0.829. The molecule has 1 aromatic rings. The molecule has 2 aliphatic rings. The molecule has 6 nitrogen and oxygen atoms in total. The molecule has 3 rings (SSSR count). The van der Waals surface area contributed by atoms with Crippen LogP contribution in [-0.4, -0.2) is 33.7 Å². The number of carbonyl (C=O) groups is 2. The third-order valence-electron chi connectivity index (χ3n) is 3.92. The summed E-state index contributed by atoms with van der Waals surface area (Å²) >= 11 is 0. The fourth-order valence-corrected chi connectivity index (χ4v) is 2.77. The highest BCUT2D eigenvalue weighted by atomic mass is 16.5. The maximum atomic E-state index is 11.6. The van der Waals surface area contributed by atoms with E-state index in [0.29, 0.717) is 31.0 Å². The molecule has 0 bridgehead atoms. The van der Waals surface area contributed by atoms with Crippen LogP contribution in [0.25, 0.3) is 0 Å². The van der Waals surface area contributed by atoms with Crippen molar-refractivity contribution in [2.45, 2.75) is 38.1 Å². The summed E-state index contributed by atoms with van der Waals surface area (Å²) in [6.45, 7) is 0.654. The van der Waals surface area contributed by atoms with Gasteiger partial charge in [0.05, 0.1) is 18.7 Å². The van der Waals surface area contributed by atoms with Crippen molar-refractivity contribution >= 4 is 11.9 Å². The summed E-state index contributed by atoms with van der Waals surface area (Å²) in [6.07, 6.45) is 3.26. The third kappa shape index (κ3) is 2.01. The number of hydrogen-bond donors (Lipinski definition) is 1. The number of esters is 1. The zero-order valence-electron chi connectivity index (χ0n) is 10.8. The number of carboxylic acid groups (broad SMARTS) is 1. The first kappa shape index (κ1) is 12.2. The number of hydrogen-bond acceptors (Lipinski definition) is 4. The normalized spacial score (nSPS) is 21.8. The Morgan fingerprint density at radius 2 is 2.11 bits per heavy atom. The Bertz CT molecular complexity index is 545. The molecule has 0 amide bonds. The predicted molar refractivity (Wildman–Crippen MR) is 65.0 cm³/mol. The molecule has 0 spiro atoms. The molecule has 1 aliphatic heterocycles. The summed E-state index contributed by atoms with van der Waals surface area (Å²) in [4.78, 5) is 27.2. The van der Waals surface area contributed by atoms with Crippen molar-refractivity contribution in [3.63, 3.8) is 0 Å². The van der Waals surface area contributed by atoms with Crippen molar-refractivity contribution in [1.29, 1.82) is 0 Å². The Hall–Kier alpha value is -1.85. The first-order valence-corrected chi connectivity index (χ1v) is 6.52. The van der Waals surface area contributed by atoms with E-state index in [1.54, 1.807) is 0 Å². The van der Waals surface area contributed by atoms with Crippen LogP contribution in [0.5, 0.6) is 0 Å². The zero-order valence-corrected chi connectivity index (χ0v) is 10.8. The zero-order chi connectivity index (χ0) is 13.6. The lowest BCUT2D eigenvalue weighted by atomic mass is 9.95. The minimum atomic E-state index is -1.01. The lowest BCUT2D eigenvalue weighted by Gasteiger charge is -2.23. The Kier molecular flexibility index (Phi) is 2.80. The minimum absolute atomic E-state index is 0.107. The van der Waals surface area contributed by atoms with E-state index in [4.69, 9.17) is 4.74 Å². The first-order valence-electron chi connectivity index (χ1n) is 6.52. The van der Waals surface area contributed by atoms with Crippen molar-refractivity contribution in [2.24, 2.45) is 5.92 Å². The highest BCUT2D eigenvalue weighted by molar-refractivity contribution is 5.87. The van der Waals surface area contributed by atoms with Crippen LogP contribution >= 0.6 is 0 Å². The van der Waals surface area contributed by atoms with Gasteiger partial charge in [0, 0.05) is 18.9 Å². The van der Waals surface area contributed by atoms with Crippen LogP contribution in [0.3, 0.4) is 0 Å². The van der Waals surface area contributed by atoms with E-state index in [2.05, 4.69) is 4.98 Å². The third-order valence-corrected chi connectivity index (χ3v) is 3.92. The first-order chi connectivity index (χ1) is 9.11. The van der Waals surface area contributed by atoms with E-state index >= 15 is 0 Å². The van der Waals surface area contributed by atoms with Gasteiger partial charge in [0.2, 0.25) is 0 Å². The lowest BCUT2D eigenvalue weighted by Crippen LogP contribution is -2.28. The number of carbonyl (C=O) groups excluding carboxylic acids is 1. The van der Waals surface area contributed by atoms with E-state index < -0.39 is 5.97 Å². The van der Waals surface area contributed by atoms with E-state index in [9.17, 15) is 14.7 Å². The second-order valence-electron chi connectivity index (χ2n) is 5.21. The molecule has 19 heavy (non-hydrogen) atoms. The van der Waals surface area contributed by atoms with Gasteiger partial charge < -0.3 is 14.4 Å². The number of fused-ring (bicyclic) bond motifs is 1. The summed E-state index contributed by atoms with van der Waals surface area (Å²) in [5, 5.41) is 9.25. The molecule has 6 heteroatoms. The van der Waals surface area contributed by atoms with Crippen molar-refractivity contribution in [2.75, 3.05) is 7.11 Å². The highest BCUT2D eigenvalue weighted by Gasteiger charge is 2.36. The maximum Gasteiger partial charge on any atom is 0.356 e. The van der Waals surface area contributed by atoms with Crippen LogP contribution in [0.15, 0.2) is 0 Å². The Labute approximate surface area is 110 Å². The molecule has 0 aromatic carbocycles. The van der Waals surface area contributed by atoms with Crippen LogP contribution in [-0.2, 0) is 22.5 Å². The lowest BCUT2D eigenvalue weighted by molar-refractivity contribution is -0.146. The van der Waals surface area contributed by atoms with Gasteiger partial charge in [-0.05, 0) is 19.3 Å². The molecule has 1 unspecified atom stereocenters. The molecular weight excluding hydrogens is 248 g/mol. The van der Waals surface area contributed by atoms with Crippen molar-refractivity contribution in [1.82, 2.24) is 9.55 Å². The molecule has 1 atom stereocenters. The topological polar surface area (TPSA) is 81.4 Å². The van der Waals surface area contributed by atoms with Gasteiger partial charge in [0.15, 0.2) is 5.69 Å². The maximum absolute atomic E-state index is 11.6. The van der Waals surface area contributed by atoms with Gasteiger partial charge in [-0.25, -0.2) is 9.78 Å².